The lowest BCUT2D eigenvalue weighted by Gasteiger charge is -2.40. The minimum Gasteiger partial charge on any atom is -0.496 e. The number of benzene rings is 1. The van der Waals surface area contributed by atoms with Gasteiger partial charge in [0.2, 0.25) is 0 Å². The minimum atomic E-state index is 0.604. The van der Waals surface area contributed by atoms with Crippen LogP contribution in [0, 0.1) is 0 Å². The second kappa shape index (κ2) is 7.12. The van der Waals surface area contributed by atoms with Crippen LogP contribution in [0.25, 0.3) is 0 Å². The summed E-state index contributed by atoms with van der Waals surface area (Å²) in [6.45, 7) is 9.41. The SMILES string of the molecule is CCCN(CCC)[C@@H]1CCc2c(OC)cccc2[C@H]1C. The average Bonchev–Trinajstić information content (AvgIpc) is 2.47. The van der Waals surface area contributed by atoms with E-state index in [4.69, 9.17) is 4.74 Å². The van der Waals surface area contributed by atoms with Gasteiger partial charge in [-0.3, -0.25) is 4.90 Å². The summed E-state index contributed by atoms with van der Waals surface area (Å²) in [6, 6.07) is 7.22. The molecule has 0 aliphatic heterocycles. The maximum atomic E-state index is 5.54. The smallest absolute Gasteiger partial charge is 0.122 e. The van der Waals surface area contributed by atoms with Crippen LogP contribution in [0.15, 0.2) is 18.2 Å². The van der Waals surface area contributed by atoms with E-state index < -0.39 is 0 Å². The maximum absolute atomic E-state index is 5.54. The van der Waals surface area contributed by atoms with Crippen LogP contribution in [0.2, 0.25) is 0 Å². The lowest BCUT2D eigenvalue weighted by atomic mass is 9.79. The molecule has 2 atom stereocenters. The number of rotatable bonds is 6. The van der Waals surface area contributed by atoms with Crippen LogP contribution < -0.4 is 4.74 Å². The van der Waals surface area contributed by atoms with Gasteiger partial charge in [-0.2, -0.15) is 0 Å². The predicted octanol–water partition coefficient (Wildman–Crippen LogP) is 4.24. The molecule has 2 nitrogen and oxygen atoms in total. The fourth-order valence-corrected chi connectivity index (χ4v) is 3.73. The first-order valence-electron chi connectivity index (χ1n) is 8.12. The van der Waals surface area contributed by atoms with Crippen molar-refractivity contribution in [2.75, 3.05) is 20.2 Å². The molecule has 1 aliphatic carbocycles. The third-order valence-electron chi connectivity index (χ3n) is 4.64. The molecule has 2 heteroatoms. The third-order valence-corrected chi connectivity index (χ3v) is 4.64. The molecule has 1 aromatic rings. The summed E-state index contributed by atoms with van der Waals surface area (Å²) in [7, 11) is 1.78. The van der Waals surface area contributed by atoms with E-state index in [2.05, 4.69) is 43.9 Å². The van der Waals surface area contributed by atoms with E-state index in [-0.39, 0.29) is 0 Å². The van der Waals surface area contributed by atoms with Crippen LogP contribution in [0.4, 0.5) is 0 Å². The summed E-state index contributed by atoms with van der Waals surface area (Å²) >= 11 is 0. The summed E-state index contributed by atoms with van der Waals surface area (Å²) in [5, 5.41) is 0. The molecule has 0 unspecified atom stereocenters. The molecular weight excluding hydrogens is 246 g/mol. The molecule has 1 aliphatic rings. The van der Waals surface area contributed by atoms with E-state index >= 15 is 0 Å². The zero-order valence-corrected chi connectivity index (χ0v) is 13.5. The highest BCUT2D eigenvalue weighted by molar-refractivity contribution is 5.44. The van der Waals surface area contributed by atoms with Gasteiger partial charge in [0.05, 0.1) is 7.11 Å². The van der Waals surface area contributed by atoms with Crippen LogP contribution in [0.3, 0.4) is 0 Å². The molecule has 0 bridgehead atoms. The lowest BCUT2D eigenvalue weighted by Crippen LogP contribution is -2.42. The average molecular weight is 275 g/mol. The summed E-state index contributed by atoms with van der Waals surface area (Å²) < 4.78 is 5.54. The number of fused-ring (bicyclic) bond motifs is 1. The number of hydrogen-bond acceptors (Lipinski definition) is 2. The minimum absolute atomic E-state index is 0.604. The summed E-state index contributed by atoms with van der Waals surface area (Å²) in [4.78, 5) is 2.70. The van der Waals surface area contributed by atoms with Gasteiger partial charge in [-0.1, -0.05) is 32.9 Å². The first kappa shape index (κ1) is 15.4. The Bertz CT molecular complexity index is 423. The Morgan fingerprint density at radius 2 is 1.90 bits per heavy atom. The van der Waals surface area contributed by atoms with Crippen molar-refractivity contribution in [3.63, 3.8) is 0 Å². The second-order valence-corrected chi connectivity index (χ2v) is 5.96. The molecule has 20 heavy (non-hydrogen) atoms. The molecule has 0 N–H and O–H groups in total. The standard InChI is InChI=1S/C18H29NO/c1-5-12-19(13-6-2)17-11-10-16-15(14(17)3)8-7-9-18(16)20-4/h7-9,14,17H,5-6,10-13H2,1-4H3/t14-,17-/m1/s1. The van der Waals surface area contributed by atoms with Crippen molar-refractivity contribution in [2.45, 2.75) is 58.4 Å². The Morgan fingerprint density at radius 3 is 2.50 bits per heavy atom. The van der Waals surface area contributed by atoms with Crippen LogP contribution >= 0.6 is 0 Å². The number of ether oxygens (including phenoxy) is 1. The van der Waals surface area contributed by atoms with Crippen LogP contribution in [0.1, 0.15) is 57.1 Å². The molecular formula is C18H29NO. The predicted molar refractivity (Wildman–Crippen MR) is 85.7 cm³/mol. The highest BCUT2D eigenvalue weighted by Gasteiger charge is 2.31. The van der Waals surface area contributed by atoms with Gasteiger partial charge in [-0.05, 0) is 61.9 Å². The van der Waals surface area contributed by atoms with Crippen molar-refractivity contribution < 1.29 is 4.74 Å². The molecule has 0 fully saturated rings. The van der Waals surface area contributed by atoms with Crippen LogP contribution in [-0.4, -0.2) is 31.1 Å². The normalized spacial score (nSPS) is 21.9. The Hall–Kier alpha value is -1.02. The molecule has 2 rings (SSSR count). The highest BCUT2D eigenvalue weighted by Crippen LogP contribution is 2.38. The van der Waals surface area contributed by atoms with Gasteiger partial charge in [-0.15, -0.1) is 0 Å². The Morgan fingerprint density at radius 1 is 1.20 bits per heavy atom. The quantitative estimate of drug-likeness (QED) is 0.770. The van der Waals surface area contributed by atoms with E-state index in [1.807, 2.05) is 0 Å². The fraction of sp³-hybridized carbons (Fsp3) is 0.667. The maximum Gasteiger partial charge on any atom is 0.122 e. The Labute approximate surface area is 124 Å². The molecule has 0 spiro atoms. The van der Waals surface area contributed by atoms with Gasteiger partial charge >= 0.3 is 0 Å². The summed E-state index contributed by atoms with van der Waals surface area (Å²) in [6.07, 6.45) is 4.90. The van der Waals surface area contributed by atoms with Gasteiger partial charge < -0.3 is 4.74 Å². The molecule has 0 saturated carbocycles. The largest absolute Gasteiger partial charge is 0.496 e. The van der Waals surface area contributed by atoms with Crippen molar-refractivity contribution in [1.29, 1.82) is 0 Å². The topological polar surface area (TPSA) is 12.5 Å². The van der Waals surface area contributed by atoms with Crippen LogP contribution in [-0.2, 0) is 6.42 Å². The van der Waals surface area contributed by atoms with Crippen molar-refractivity contribution in [2.24, 2.45) is 0 Å². The van der Waals surface area contributed by atoms with Crippen molar-refractivity contribution in [1.82, 2.24) is 4.90 Å². The van der Waals surface area contributed by atoms with E-state index in [9.17, 15) is 0 Å². The first-order chi connectivity index (χ1) is 9.72. The van der Waals surface area contributed by atoms with E-state index in [1.165, 1.54) is 43.5 Å². The number of methoxy groups -OCH3 is 1. The first-order valence-corrected chi connectivity index (χ1v) is 8.12. The van der Waals surface area contributed by atoms with Crippen molar-refractivity contribution >= 4 is 0 Å². The Kier molecular flexibility index (Phi) is 5.47. The zero-order valence-electron chi connectivity index (χ0n) is 13.5. The summed E-state index contributed by atoms with van der Waals surface area (Å²) in [5.74, 6) is 1.68. The molecule has 112 valence electrons. The van der Waals surface area contributed by atoms with Gasteiger partial charge in [-0.25, -0.2) is 0 Å². The summed E-state index contributed by atoms with van der Waals surface area (Å²) in [5.41, 5.74) is 2.93. The molecule has 0 aromatic heterocycles. The van der Waals surface area contributed by atoms with E-state index in [0.29, 0.717) is 12.0 Å². The molecule has 0 saturated heterocycles. The second-order valence-electron chi connectivity index (χ2n) is 5.96. The van der Waals surface area contributed by atoms with Crippen LogP contribution in [0.5, 0.6) is 5.75 Å². The number of nitrogens with zero attached hydrogens (tertiary/aromatic N) is 1. The third kappa shape index (κ3) is 3.01. The van der Waals surface area contributed by atoms with E-state index in [0.717, 1.165) is 12.2 Å². The van der Waals surface area contributed by atoms with Gasteiger partial charge in [0, 0.05) is 6.04 Å². The van der Waals surface area contributed by atoms with Gasteiger partial charge in [0.25, 0.3) is 0 Å². The fourth-order valence-electron chi connectivity index (χ4n) is 3.73. The molecule has 0 heterocycles. The van der Waals surface area contributed by atoms with Gasteiger partial charge in [0.15, 0.2) is 0 Å². The molecule has 0 radical (unpaired) electrons. The molecule has 1 aromatic carbocycles. The van der Waals surface area contributed by atoms with Gasteiger partial charge in [0.1, 0.15) is 5.75 Å². The number of hydrogen-bond donors (Lipinski definition) is 0. The lowest BCUT2D eigenvalue weighted by molar-refractivity contribution is 0.158. The monoisotopic (exact) mass is 275 g/mol. The Balaban J connectivity index is 2.24. The zero-order chi connectivity index (χ0) is 14.5. The highest BCUT2D eigenvalue weighted by atomic mass is 16.5. The molecule has 0 amide bonds. The van der Waals surface area contributed by atoms with Crippen molar-refractivity contribution in [3.8, 4) is 5.75 Å². The van der Waals surface area contributed by atoms with Crippen molar-refractivity contribution in [3.05, 3.63) is 29.3 Å². The van der Waals surface area contributed by atoms with E-state index in [1.54, 1.807) is 7.11 Å².